The van der Waals surface area contributed by atoms with Crippen molar-refractivity contribution in [1.29, 1.82) is 0 Å². The first-order chi connectivity index (χ1) is 32.0. The van der Waals surface area contributed by atoms with Gasteiger partial charge in [-0.2, -0.15) is 0 Å². The summed E-state index contributed by atoms with van der Waals surface area (Å²) in [5, 5.41) is 4.97. The van der Waals surface area contributed by atoms with E-state index in [1.165, 1.54) is 82.8 Å². The minimum absolute atomic E-state index is 0.0963. The minimum Gasteiger partial charge on any atom is -0.457 e. The maximum atomic E-state index is 6.77. The second-order valence-corrected chi connectivity index (χ2v) is 18.4. The molecule has 65 heavy (non-hydrogen) atoms. The van der Waals surface area contributed by atoms with Crippen molar-refractivity contribution in [3.8, 4) is 39.4 Å². The van der Waals surface area contributed by atoms with E-state index < -0.39 is 5.41 Å². The zero-order chi connectivity index (χ0) is 43.0. The lowest BCUT2D eigenvalue weighted by Crippen LogP contribution is -2.36. The van der Waals surface area contributed by atoms with Crippen LogP contribution in [-0.2, 0) is 10.8 Å². The Bertz CT molecular complexity index is 3750. The molecule has 3 aliphatic rings. The van der Waals surface area contributed by atoms with Crippen LogP contribution in [0.2, 0.25) is 0 Å². The highest BCUT2D eigenvalue weighted by molar-refractivity contribution is 6.12. The molecular formula is C62H42N2O. The predicted octanol–water partition coefficient (Wildman–Crippen LogP) is 16.2. The summed E-state index contributed by atoms with van der Waals surface area (Å²) in [4.78, 5) is 2.44. The van der Waals surface area contributed by atoms with Crippen LogP contribution in [0.5, 0.6) is 11.5 Å². The van der Waals surface area contributed by atoms with Crippen molar-refractivity contribution < 1.29 is 4.74 Å². The first-order valence-corrected chi connectivity index (χ1v) is 22.7. The van der Waals surface area contributed by atoms with E-state index in [2.05, 4.69) is 242 Å². The van der Waals surface area contributed by atoms with Crippen LogP contribution in [0.1, 0.15) is 47.2 Å². The van der Waals surface area contributed by atoms with Crippen molar-refractivity contribution in [2.75, 3.05) is 4.90 Å². The van der Waals surface area contributed by atoms with Crippen LogP contribution in [0, 0.1) is 0 Å². The standard InChI is InChI=1S/C62H42N2O/c1-61(2)48-24-8-6-22-46(48)60-51(61)27-16-30-56(60)64-54-29-11-7-21-44(54)47-37-41(34-36-55(47)64)63(40-19-4-3-5-20-40)42-33-35-43-45-23-14-17-39-18-15-28-52(59(39)45)62(53(43)38-42)49-25-9-12-31-57(49)65-58-32-13-10-26-50(58)62/h3-38H,1-2H3. The number of rotatable bonds is 4. The molecule has 0 radical (unpaired) electrons. The Morgan fingerprint density at radius 3 is 1.82 bits per heavy atom. The lowest BCUT2D eigenvalue weighted by Gasteiger charge is -2.45. The van der Waals surface area contributed by atoms with Crippen LogP contribution in [-0.4, -0.2) is 4.57 Å². The van der Waals surface area contributed by atoms with Gasteiger partial charge in [-0.15, -0.1) is 0 Å². The van der Waals surface area contributed by atoms with Crippen molar-refractivity contribution in [3.63, 3.8) is 0 Å². The molecule has 0 fully saturated rings. The first-order valence-electron chi connectivity index (χ1n) is 22.7. The molecule has 0 saturated carbocycles. The van der Waals surface area contributed by atoms with E-state index in [1.807, 2.05) is 0 Å². The van der Waals surface area contributed by atoms with Crippen LogP contribution >= 0.6 is 0 Å². The Labute approximate surface area is 378 Å². The Kier molecular flexibility index (Phi) is 7.38. The van der Waals surface area contributed by atoms with Crippen molar-refractivity contribution in [2.24, 2.45) is 0 Å². The van der Waals surface area contributed by atoms with E-state index in [0.29, 0.717) is 0 Å². The first kappa shape index (κ1) is 36.4. The van der Waals surface area contributed by atoms with Gasteiger partial charge in [0.05, 0.1) is 22.1 Å². The monoisotopic (exact) mass is 830 g/mol. The van der Waals surface area contributed by atoms with Crippen LogP contribution in [0.4, 0.5) is 17.1 Å². The Morgan fingerprint density at radius 2 is 1.00 bits per heavy atom. The van der Waals surface area contributed by atoms with Crippen molar-refractivity contribution in [2.45, 2.75) is 24.7 Å². The average molecular weight is 831 g/mol. The number of hydrogen-bond donors (Lipinski definition) is 0. The number of ether oxygens (including phenoxy) is 1. The number of nitrogens with zero attached hydrogens (tertiary/aromatic N) is 2. The fourth-order valence-corrected chi connectivity index (χ4v) is 12.1. The van der Waals surface area contributed by atoms with E-state index in [0.717, 1.165) is 39.7 Å². The van der Waals surface area contributed by atoms with Crippen molar-refractivity contribution in [3.05, 3.63) is 252 Å². The van der Waals surface area contributed by atoms with Gasteiger partial charge in [0.2, 0.25) is 0 Å². The third-order valence-electron chi connectivity index (χ3n) is 14.8. The summed E-state index contributed by atoms with van der Waals surface area (Å²) >= 11 is 0. The van der Waals surface area contributed by atoms with Crippen LogP contribution in [0.15, 0.2) is 218 Å². The Balaban J connectivity index is 1.03. The number of hydrogen-bond acceptors (Lipinski definition) is 2. The molecule has 10 aromatic carbocycles. The summed E-state index contributed by atoms with van der Waals surface area (Å²) in [6, 6.07) is 80.7. The Morgan fingerprint density at radius 1 is 0.400 bits per heavy atom. The molecule has 0 bridgehead atoms. The molecule has 1 spiro atoms. The van der Waals surface area contributed by atoms with E-state index in [9.17, 15) is 0 Å². The molecule has 0 amide bonds. The minimum atomic E-state index is -0.645. The summed E-state index contributed by atoms with van der Waals surface area (Å²) in [6.45, 7) is 4.72. The molecule has 0 atom stereocenters. The molecule has 3 heteroatoms. The molecule has 1 aromatic heterocycles. The second kappa shape index (κ2) is 13.2. The van der Waals surface area contributed by atoms with E-state index in [4.69, 9.17) is 4.74 Å². The van der Waals surface area contributed by atoms with Gasteiger partial charge in [0, 0.05) is 49.9 Å². The lowest BCUT2D eigenvalue weighted by molar-refractivity contribution is 0.435. The third-order valence-corrected chi connectivity index (χ3v) is 14.8. The highest BCUT2D eigenvalue weighted by atomic mass is 16.5. The highest BCUT2D eigenvalue weighted by Crippen LogP contribution is 2.62. The largest absolute Gasteiger partial charge is 0.457 e. The van der Waals surface area contributed by atoms with Gasteiger partial charge in [-0.25, -0.2) is 0 Å². The van der Waals surface area contributed by atoms with Gasteiger partial charge in [-0.3, -0.25) is 0 Å². The van der Waals surface area contributed by atoms with E-state index >= 15 is 0 Å². The van der Waals surface area contributed by atoms with Crippen LogP contribution < -0.4 is 9.64 Å². The molecule has 11 aromatic rings. The topological polar surface area (TPSA) is 17.4 Å². The normalized spacial score (nSPS) is 14.4. The van der Waals surface area contributed by atoms with Gasteiger partial charge in [-0.1, -0.05) is 166 Å². The van der Waals surface area contributed by atoms with Crippen LogP contribution in [0.3, 0.4) is 0 Å². The zero-order valence-corrected chi connectivity index (χ0v) is 36.1. The van der Waals surface area contributed by atoms with Gasteiger partial charge in [-0.05, 0) is 116 Å². The predicted molar refractivity (Wildman–Crippen MR) is 268 cm³/mol. The molecule has 306 valence electrons. The number of fused-ring (bicyclic) bond motifs is 14. The molecule has 0 unspecified atom stereocenters. The molecule has 2 aliphatic carbocycles. The number of para-hydroxylation sites is 4. The van der Waals surface area contributed by atoms with Gasteiger partial charge < -0.3 is 14.2 Å². The number of anilines is 3. The fourth-order valence-electron chi connectivity index (χ4n) is 12.1. The Hall–Kier alpha value is -8.14. The lowest BCUT2D eigenvalue weighted by atomic mass is 9.58. The highest BCUT2D eigenvalue weighted by Gasteiger charge is 2.49. The molecular weight excluding hydrogens is 789 g/mol. The summed E-state index contributed by atoms with van der Waals surface area (Å²) < 4.78 is 9.27. The molecule has 2 heterocycles. The molecule has 0 saturated heterocycles. The smallest absolute Gasteiger partial charge is 0.132 e. The summed E-state index contributed by atoms with van der Waals surface area (Å²) in [6.07, 6.45) is 0. The maximum absolute atomic E-state index is 6.77. The number of aromatic nitrogens is 1. The quantitative estimate of drug-likeness (QED) is 0.176. The van der Waals surface area contributed by atoms with Crippen molar-refractivity contribution in [1.82, 2.24) is 4.57 Å². The summed E-state index contributed by atoms with van der Waals surface area (Å²) in [5.41, 5.74) is 18.8. The van der Waals surface area contributed by atoms with E-state index in [1.54, 1.807) is 0 Å². The zero-order valence-electron chi connectivity index (χ0n) is 36.1. The third kappa shape index (κ3) is 4.79. The van der Waals surface area contributed by atoms with Gasteiger partial charge >= 0.3 is 0 Å². The second-order valence-electron chi connectivity index (χ2n) is 18.4. The van der Waals surface area contributed by atoms with Gasteiger partial charge in [0.25, 0.3) is 0 Å². The number of benzene rings is 10. The summed E-state index contributed by atoms with van der Waals surface area (Å²) in [5.74, 6) is 1.77. The molecule has 0 N–H and O–H groups in total. The SMILES string of the molecule is CC1(C)c2ccccc2-c2c(-n3c4ccccc4c4cc(N(c5ccccc5)c5ccc6c(c5)C5(c7ccccc7Oc7ccccc75)c5cccc7cccc-6c57)ccc43)cccc21. The van der Waals surface area contributed by atoms with E-state index in [-0.39, 0.29) is 5.41 Å². The summed E-state index contributed by atoms with van der Waals surface area (Å²) in [7, 11) is 0. The molecule has 14 rings (SSSR count). The fraction of sp³-hybridized carbons (Fsp3) is 0.0645. The van der Waals surface area contributed by atoms with Crippen LogP contribution in [0.25, 0.3) is 60.5 Å². The molecule has 3 nitrogen and oxygen atoms in total. The van der Waals surface area contributed by atoms with Gasteiger partial charge in [0.1, 0.15) is 11.5 Å². The molecule has 1 aliphatic heterocycles. The average Bonchev–Trinajstić information content (AvgIpc) is 3.81. The van der Waals surface area contributed by atoms with Crippen molar-refractivity contribution >= 4 is 49.6 Å². The maximum Gasteiger partial charge on any atom is 0.132 e. The van der Waals surface area contributed by atoms with Gasteiger partial charge in [0.15, 0.2) is 0 Å².